The first-order valence-electron chi connectivity index (χ1n) is 28.3. The highest BCUT2D eigenvalue weighted by molar-refractivity contribution is 5.76. The predicted octanol–water partition coefficient (Wildman–Crippen LogP) is 17.2. The van der Waals surface area contributed by atoms with Crippen LogP contribution in [0.2, 0.25) is 0 Å². The Labute approximate surface area is 398 Å². The van der Waals surface area contributed by atoms with Gasteiger partial charge in [0, 0.05) is 12.8 Å². The second kappa shape index (κ2) is 53.7. The van der Waals surface area contributed by atoms with Crippen LogP contribution < -0.4 is 5.32 Å². The topological polar surface area (TPSA) is 95.9 Å². The fourth-order valence-electron chi connectivity index (χ4n) is 8.55. The van der Waals surface area contributed by atoms with Gasteiger partial charge in [-0.3, -0.25) is 9.59 Å². The molecule has 6 heteroatoms. The summed E-state index contributed by atoms with van der Waals surface area (Å²) < 4.78 is 5.48. The van der Waals surface area contributed by atoms with Crippen LogP contribution in [-0.2, 0) is 14.3 Å². The van der Waals surface area contributed by atoms with Gasteiger partial charge in [0.25, 0.3) is 0 Å². The van der Waals surface area contributed by atoms with Crippen molar-refractivity contribution in [3.8, 4) is 0 Å². The van der Waals surface area contributed by atoms with E-state index in [4.69, 9.17) is 4.74 Å². The zero-order valence-corrected chi connectivity index (χ0v) is 42.8. The van der Waals surface area contributed by atoms with Crippen molar-refractivity contribution in [3.05, 3.63) is 36.5 Å². The number of rotatable bonds is 52. The summed E-state index contributed by atoms with van der Waals surface area (Å²) in [6.45, 7) is 4.85. The number of hydrogen-bond acceptors (Lipinski definition) is 5. The molecule has 0 rings (SSSR count). The summed E-state index contributed by atoms with van der Waals surface area (Å²) in [6, 6.07) is -0.627. The average molecular weight is 901 g/mol. The molecule has 0 radical (unpaired) electrons. The van der Waals surface area contributed by atoms with Crippen LogP contribution in [0.3, 0.4) is 0 Å². The fraction of sp³-hybridized carbons (Fsp3) is 0.862. The Morgan fingerprint density at radius 3 is 1.20 bits per heavy atom. The maximum Gasteiger partial charge on any atom is 0.305 e. The van der Waals surface area contributed by atoms with E-state index in [0.717, 1.165) is 51.4 Å². The SMILES string of the molecule is CCCCCC/C=C\C/C=C\CCCCCCCCCC(=O)OCCCCCCCCCCCCCCCCCCCCCCC(=O)NC(CO)C(O)/C=C/CCCCCCCCC. The molecule has 376 valence electrons. The average Bonchev–Trinajstić information content (AvgIpc) is 3.29. The Morgan fingerprint density at radius 2 is 0.781 bits per heavy atom. The molecule has 2 atom stereocenters. The van der Waals surface area contributed by atoms with Gasteiger partial charge >= 0.3 is 5.97 Å². The van der Waals surface area contributed by atoms with E-state index in [1.165, 1.54) is 218 Å². The number of carbonyl (C=O) groups is 2. The van der Waals surface area contributed by atoms with Gasteiger partial charge in [0.05, 0.1) is 25.4 Å². The lowest BCUT2D eigenvalue weighted by atomic mass is 10.0. The van der Waals surface area contributed by atoms with Crippen molar-refractivity contribution in [2.24, 2.45) is 0 Å². The first-order chi connectivity index (χ1) is 31.5. The molecule has 0 aromatic rings. The van der Waals surface area contributed by atoms with E-state index in [1.54, 1.807) is 6.08 Å². The normalized spacial score (nSPS) is 12.9. The van der Waals surface area contributed by atoms with Gasteiger partial charge in [-0.15, -0.1) is 0 Å². The van der Waals surface area contributed by atoms with Crippen molar-refractivity contribution in [2.45, 2.75) is 309 Å². The van der Waals surface area contributed by atoms with Gasteiger partial charge in [0.1, 0.15) is 0 Å². The van der Waals surface area contributed by atoms with E-state index in [1.807, 2.05) is 6.08 Å². The minimum absolute atomic E-state index is 0.00206. The summed E-state index contributed by atoms with van der Waals surface area (Å²) in [4.78, 5) is 24.4. The summed E-state index contributed by atoms with van der Waals surface area (Å²) >= 11 is 0. The van der Waals surface area contributed by atoms with Gasteiger partial charge in [0.15, 0.2) is 0 Å². The first-order valence-corrected chi connectivity index (χ1v) is 28.3. The summed E-state index contributed by atoms with van der Waals surface area (Å²) in [6.07, 6.45) is 66.0. The molecule has 0 heterocycles. The Kier molecular flexibility index (Phi) is 52.1. The smallest absolute Gasteiger partial charge is 0.305 e. The minimum atomic E-state index is -0.843. The van der Waals surface area contributed by atoms with Crippen molar-refractivity contribution < 1.29 is 24.5 Å². The van der Waals surface area contributed by atoms with Gasteiger partial charge in [-0.05, 0) is 64.2 Å². The molecule has 1 amide bonds. The van der Waals surface area contributed by atoms with E-state index in [-0.39, 0.29) is 18.5 Å². The molecule has 0 saturated carbocycles. The van der Waals surface area contributed by atoms with Crippen LogP contribution in [0.25, 0.3) is 0 Å². The standard InChI is InChI=1S/C58H109NO5/c1-3-5-7-9-11-13-14-15-16-17-23-26-29-32-36-40-44-48-52-58(63)64-53-49-45-41-37-33-30-27-24-21-19-18-20-22-25-28-31-35-39-43-47-51-57(62)59-55(54-60)56(61)50-46-42-38-34-12-10-8-6-4-2/h13-14,16-17,46,50,55-56,60-61H,3-12,15,18-45,47-49,51-54H2,1-2H3,(H,59,62)/b14-13-,17-16-,50-46+. The second-order valence-corrected chi connectivity index (χ2v) is 19.3. The zero-order valence-electron chi connectivity index (χ0n) is 42.8. The number of aliphatic hydroxyl groups excluding tert-OH is 2. The molecule has 0 bridgehead atoms. The van der Waals surface area contributed by atoms with Crippen LogP contribution in [0.15, 0.2) is 36.5 Å². The number of allylic oxidation sites excluding steroid dienone is 5. The van der Waals surface area contributed by atoms with E-state index in [2.05, 4.69) is 43.5 Å². The predicted molar refractivity (Wildman–Crippen MR) is 278 cm³/mol. The number of unbranched alkanes of at least 4 members (excludes halogenated alkanes) is 37. The first kappa shape index (κ1) is 62.1. The largest absolute Gasteiger partial charge is 0.466 e. The van der Waals surface area contributed by atoms with E-state index < -0.39 is 12.1 Å². The van der Waals surface area contributed by atoms with E-state index in [0.29, 0.717) is 19.4 Å². The van der Waals surface area contributed by atoms with Crippen molar-refractivity contribution in [1.29, 1.82) is 0 Å². The van der Waals surface area contributed by atoms with E-state index in [9.17, 15) is 19.8 Å². The number of amides is 1. The molecular weight excluding hydrogens is 791 g/mol. The lowest BCUT2D eigenvalue weighted by Gasteiger charge is -2.20. The van der Waals surface area contributed by atoms with Crippen molar-refractivity contribution in [3.63, 3.8) is 0 Å². The Bertz CT molecular complexity index is 1040. The fourth-order valence-corrected chi connectivity index (χ4v) is 8.55. The molecule has 0 fully saturated rings. The molecule has 0 aliphatic heterocycles. The summed E-state index contributed by atoms with van der Waals surface area (Å²) in [7, 11) is 0. The molecule has 6 nitrogen and oxygen atoms in total. The van der Waals surface area contributed by atoms with Gasteiger partial charge in [-0.25, -0.2) is 0 Å². The van der Waals surface area contributed by atoms with Crippen molar-refractivity contribution >= 4 is 11.9 Å². The van der Waals surface area contributed by atoms with Crippen molar-refractivity contribution in [2.75, 3.05) is 13.2 Å². The number of carbonyl (C=O) groups excluding carboxylic acids is 2. The molecule has 0 aliphatic rings. The molecule has 2 unspecified atom stereocenters. The molecule has 0 saturated heterocycles. The van der Waals surface area contributed by atoms with Gasteiger partial charge in [-0.1, -0.05) is 256 Å². The number of hydrogen-bond donors (Lipinski definition) is 3. The maximum absolute atomic E-state index is 12.4. The Balaban J connectivity index is 3.38. The van der Waals surface area contributed by atoms with Crippen molar-refractivity contribution in [1.82, 2.24) is 5.32 Å². The summed E-state index contributed by atoms with van der Waals surface area (Å²) in [5, 5.41) is 22.9. The van der Waals surface area contributed by atoms with Crippen LogP contribution in [0.4, 0.5) is 0 Å². The molecule has 3 N–H and O–H groups in total. The molecule has 0 aromatic carbocycles. The second-order valence-electron chi connectivity index (χ2n) is 19.3. The van der Waals surface area contributed by atoms with Crippen LogP contribution in [0.5, 0.6) is 0 Å². The van der Waals surface area contributed by atoms with Crippen LogP contribution in [0, 0.1) is 0 Å². The minimum Gasteiger partial charge on any atom is -0.466 e. The number of esters is 1. The van der Waals surface area contributed by atoms with Gasteiger partial charge in [0.2, 0.25) is 5.91 Å². The summed E-state index contributed by atoms with van der Waals surface area (Å²) in [5.74, 6) is -0.0708. The molecule has 0 aromatic heterocycles. The van der Waals surface area contributed by atoms with Crippen LogP contribution in [-0.4, -0.2) is 47.4 Å². The Morgan fingerprint density at radius 1 is 0.438 bits per heavy atom. The molecule has 64 heavy (non-hydrogen) atoms. The maximum atomic E-state index is 12.4. The summed E-state index contributed by atoms with van der Waals surface area (Å²) in [5.41, 5.74) is 0. The highest BCUT2D eigenvalue weighted by Gasteiger charge is 2.18. The zero-order chi connectivity index (χ0) is 46.5. The third-order valence-electron chi connectivity index (χ3n) is 12.9. The molecular formula is C58H109NO5. The third kappa shape index (κ3) is 49.5. The van der Waals surface area contributed by atoms with Crippen LogP contribution in [0.1, 0.15) is 296 Å². The quantitative estimate of drug-likeness (QED) is 0.0321. The van der Waals surface area contributed by atoms with Crippen LogP contribution >= 0.6 is 0 Å². The lowest BCUT2D eigenvalue weighted by Crippen LogP contribution is -2.45. The van der Waals surface area contributed by atoms with E-state index >= 15 is 0 Å². The lowest BCUT2D eigenvalue weighted by molar-refractivity contribution is -0.143. The van der Waals surface area contributed by atoms with Gasteiger partial charge in [-0.2, -0.15) is 0 Å². The highest BCUT2D eigenvalue weighted by Crippen LogP contribution is 2.16. The number of ether oxygens (including phenoxy) is 1. The third-order valence-corrected chi connectivity index (χ3v) is 12.9. The number of aliphatic hydroxyl groups is 2. The molecule has 0 spiro atoms. The Hall–Kier alpha value is -1.92. The van der Waals surface area contributed by atoms with Gasteiger partial charge < -0.3 is 20.3 Å². The number of nitrogens with one attached hydrogen (secondary N) is 1. The monoisotopic (exact) mass is 900 g/mol. The highest BCUT2D eigenvalue weighted by atomic mass is 16.5. The molecule has 0 aliphatic carbocycles.